The molecule has 1 saturated heterocycles. The van der Waals surface area contributed by atoms with E-state index in [2.05, 4.69) is 10.6 Å². The first-order valence-electron chi connectivity index (χ1n) is 10.1. The number of benzene rings is 2. The van der Waals surface area contributed by atoms with Crippen LogP contribution < -0.4 is 16.4 Å². The van der Waals surface area contributed by atoms with Crippen molar-refractivity contribution in [2.75, 3.05) is 13.1 Å². The highest BCUT2D eigenvalue weighted by molar-refractivity contribution is 7.92. The number of hydrogen-bond donors (Lipinski definition) is 3. The van der Waals surface area contributed by atoms with Gasteiger partial charge in [-0.15, -0.1) is 0 Å². The van der Waals surface area contributed by atoms with Crippen LogP contribution in [0, 0.1) is 11.6 Å². The number of nitrogens with one attached hydrogen (secondary N) is 2. The molecule has 1 heterocycles. The van der Waals surface area contributed by atoms with E-state index in [0.29, 0.717) is 5.56 Å². The van der Waals surface area contributed by atoms with E-state index in [1.54, 1.807) is 38.1 Å². The van der Waals surface area contributed by atoms with E-state index in [4.69, 9.17) is 5.73 Å². The van der Waals surface area contributed by atoms with Crippen molar-refractivity contribution in [1.29, 1.82) is 0 Å². The van der Waals surface area contributed by atoms with Gasteiger partial charge in [-0.3, -0.25) is 4.79 Å². The number of sulfone groups is 1. The Morgan fingerprint density at radius 1 is 1.23 bits per heavy atom. The molecule has 1 fully saturated rings. The summed E-state index contributed by atoms with van der Waals surface area (Å²) >= 11 is 0. The van der Waals surface area contributed by atoms with Crippen molar-refractivity contribution in [2.45, 2.75) is 42.9 Å². The zero-order valence-electron chi connectivity index (χ0n) is 17.4. The average Bonchev–Trinajstić information content (AvgIpc) is 2.71. The van der Waals surface area contributed by atoms with Gasteiger partial charge in [-0.2, -0.15) is 0 Å². The van der Waals surface area contributed by atoms with Crippen LogP contribution in [0.25, 0.3) is 0 Å². The van der Waals surface area contributed by atoms with Crippen molar-refractivity contribution in [3.05, 3.63) is 70.8 Å². The molecule has 1 amide bonds. The number of carbonyl (C=O) groups is 1. The van der Waals surface area contributed by atoms with Crippen molar-refractivity contribution < 1.29 is 22.0 Å². The molecule has 2 aromatic carbocycles. The van der Waals surface area contributed by atoms with Gasteiger partial charge in [0.15, 0.2) is 9.84 Å². The Bertz CT molecular complexity index is 1050. The third-order valence-corrected chi connectivity index (χ3v) is 8.46. The maximum absolute atomic E-state index is 14.8. The van der Waals surface area contributed by atoms with Crippen molar-refractivity contribution in [3.8, 4) is 0 Å². The summed E-state index contributed by atoms with van der Waals surface area (Å²) in [5.41, 5.74) is 5.79. The van der Waals surface area contributed by atoms with Crippen LogP contribution in [-0.4, -0.2) is 38.7 Å². The SMILES string of the molecule is CC(NCC(N)=O)c1cc(F)c(CC2[C@H](C)NC[C@@H](c3ccccc3)S2(=O)=O)cc1F. The minimum Gasteiger partial charge on any atom is -0.369 e. The summed E-state index contributed by atoms with van der Waals surface area (Å²) in [7, 11) is -3.65. The fourth-order valence-corrected chi connectivity index (χ4v) is 6.34. The minimum atomic E-state index is -3.65. The first-order valence-corrected chi connectivity index (χ1v) is 11.7. The molecule has 31 heavy (non-hydrogen) atoms. The molecule has 4 N–H and O–H groups in total. The third kappa shape index (κ3) is 5.11. The number of hydrogen-bond acceptors (Lipinski definition) is 5. The van der Waals surface area contributed by atoms with E-state index in [1.807, 2.05) is 6.07 Å². The molecule has 168 valence electrons. The zero-order chi connectivity index (χ0) is 22.8. The van der Waals surface area contributed by atoms with Gasteiger partial charge in [-0.25, -0.2) is 17.2 Å². The summed E-state index contributed by atoms with van der Waals surface area (Å²) in [5, 5.41) is 4.27. The van der Waals surface area contributed by atoms with Gasteiger partial charge in [0.05, 0.1) is 17.0 Å². The molecule has 2 unspecified atom stereocenters. The second-order valence-corrected chi connectivity index (χ2v) is 10.3. The van der Waals surface area contributed by atoms with Crippen molar-refractivity contribution in [3.63, 3.8) is 0 Å². The smallest absolute Gasteiger partial charge is 0.231 e. The quantitative estimate of drug-likeness (QED) is 0.599. The fraction of sp³-hybridized carbons (Fsp3) is 0.409. The Balaban J connectivity index is 1.86. The second kappa shape index (κ2) is 9.42. The van der Waals surface area contributed by atoms with Crippen molar-refractivity contribution >= 4 is 15.7 Å². The van der Waals surface area contributed by atoms with Crippen LogP contribution >= 0.6 is 0 Å². The Morgan fingerprint density at radius 3 is 2.55 bits per heavy atom. The first-order chi connectivity index (χ1) is 14.6. The molecule has 1 aliphatic rings. The number of amides is 1. The van der Waals surface area contributed by atoms with E-state index >= 15 is 0 Å². The molecule has 0 bridgehead atoms. The maximum Gasteiger partial charge on any atom is 0.231 e. The second-order valence-electron chi connectivity index (χ2n) is 7.96. The van der Waals surface area contributed by atoms with Crippen LogP contribution in [0.3, 0.4) is 0 Å². The summed E-state index contributed by atoms with van der Waals surface area (Å²) in [6.07, 6.45) is -0.147. The minimum absolute atomic E-state index is 0.000659. The van der Waals surface area contributed by atoms with Crippen LogP contribution in [0.5, 0.6) is 0 Å². The van der Waals surface area contributed by atoms with Gasteiger partial charge in [0, 0.05) is 24.2 Å². The number of rotatable bonds is 7. The molecule has 0 aliphatic carbocycles. The molecule has 0 aromatic heterocycles. The normalized spacial score (nSPS) is 23.9. The highest BCUT2D eigenvalue weighted by Crippen LogP contribution is 2.33. The number of primary amides is 1. The van der Waals surface area contributed by atoms with Gasteiger partial charge in [0.2, 0.25) is 5.91 Å². The van der Waals surface area contributed by atoms with Gasteiger partial charge in [-0.1, -0.05) is 30.3 Å². The van der Waals surface area contributed by atoms with Crippen LogP contribution in [-0.2, 0) is 21.1 Å². The van der Waals surface area contributed by atoms with Gasteiger partial charge in [-0.05, 0) is 43.5 Å². The lowest BCUT2D eigenvalue weighted by atomic mass is 9.99. The molecule has 6 nitrogen and oxygen atoms in total. The molecule has 0 saturated carbocycles. The number of nitrogens with two attached hydrogens (primary N) is 1. The fourth-order valence-electron chi connectivity index (χ4n) is 3.98. The van der Waals surface area contributed by atoms with E-state index in [-0.39, 0.29) is 30.6 Å². The largest absolute Gasteiger partial charge is 0.369 e. The van der Waals surface area contributed by atoms with Crippen LogP contribution in [0.2, 0.25) is 0 Å². The van der Waals surface area contributed by atoms with E-state index in [0.717, 1.165) is 12.1 Å². The van der Waals surface area contributed by atoms with Crippen LogP contribution in [0.15, 0.2) is 42.5 Å². The Labute approximate surface area is 181 Å². The average molecular weight is 452 g/mol. The molecule has 9 heteroatoms. The summed E-state index contributed by atoms with van der Waals surface area (Å²) in [6.45, 7) is 3.42. The topological polar surface area (TPSA) is 101 Å². The zero-order valence-corrected chi connectivity index (χ0v) is 18.3. The number of carbonyl (C=O) groups excluding carboxylic acids is 1. The summed E-state index contributed by atoms with van der Waals surface area (Å²) in [4.78, 5) is 10.9. The molecule has 0 spiro atoms. The van der Waals surface area contributed by atoms with E-state index < -0.39 is 50.0 Å². The standard InChI is InChI=1S/C22H27F2N3O3S/c1-13(27-12-22(25)28)17-10-18(23)16(8-19(17)24)9-20-14(2)26-11-21(31(20,29)30)15-6-4-3-5-7-15/h3-8,10,13-14,20-21,26-27H,9,11-12H2,1-2H3,(H2,25,28)/t13?,14-,20?,21-/m0/s1. The monoisotopic (exact) mass is 451 g/mol. The Morgan fingerprint density at radius 2 is 1.90 bits per heavy atom. The van der Waals surface area contributed by atoms with Crippen LogP contribution in [0.4, 0.5) is 8.78 Å². The molecule has 2 aromatic rings. The van der Waals surface area contributed by atoms with Crippen molar-refractivity contribution in [2.24, 2.45) is 5.73 Å². The third-order valence-electron chi connectivity index (χ3n) is 5.81. The molecule has 4 atom stereocenters. The highest BCUT2D eigenvalue weighted by atomic mass is 32.2. The van der Waals surface area contributed by atoms with Gasteiger partial charge in [0.1, 0.15) is 11.6 Å². The summed E-state index contributed by atoms with van der Waals surface area (Å²) < 4.78 is 56.2. The lowest BCUT2D eigenvalue weighted by molar-refractivity contribution is -0.117. The molecular formula is C22H27F2N3O3S. The van der Waals surface area contributed by atoms with E-state index in [1.165, 1.54) is 0 Å². The summed E-state index contributed by atoms with van der Waals surface area (Å²) in [5.74, 6) is -1.97. The Kier molecular flexibility index (Phi) is 7.08. The van der Waals surface area contributed by atoms with Gasteiger partial charge >= 0.3 is 0 Å². The summed E-state index contributed by atoms with van der Waals surface area (Å²) in [6, 6.07) is 9.91. The van der Waals surface area contributed by atoms with Crippen LogP contribution in [0.1, 0.15) is 41.8 Å². The first kappa shape index (κ1) is 23.3. The lowest BCUT2D eigenvalue weighted by Crippen LogP contribution is -2.53. The number of halogens is 2. The molecule has 0 radical (unpaired) electrons. The molecule has 3 rings (SSSR count). The maximum atomic E-state index is 14.8. The van der Waals surface area contributed by atoms with Gasteiger partial charge < -0.3 is 16.4 Å². The van der Waals surface area contributed by atoms with E-state index in [9.17, 15) is 22.0 Å². The predicted octanol–water partition coefficient (Wildman–Crippen LogP) is 2.16. The Hall–Kier alpha value is -2.36. The molecule has 1 aliphatic heterocycles. The highest BCUT2D eigenvalue weighted by Gasteiger charge is 2.42. The molecular weight excluding hydrogens is 424 g/mol. The van der Waals surface area contributed by atoms with Gasteiger partial charge in [0.25, 0.3) is 0 Å². The predicted molar refractivity (Wildman–Crippen MR) is 115 cm³/mol. The van der Waals surface area contributed by atoms with Crippen molar-refractivity contribution in [1.82, 2.24) is 10.6 Å². The lowest BCUT2D eigenvalue weighted by Gasteiger charge is -2.35.